The molecule has 9 nitrogen and oxygen atoms in total. The Morgan fingerprint density at radius 3 is 2.53 bits per heavy atom. The second kappa shape index (κ2) is 11.8. The first-order valence-corrected chi connectivity index (χ1v) is 11.4. The van der Waals surface area contributed by atoms with Gasteiger partial charge in [0.1, 0.15) is 6.04 Å². The molecule has 1 fully saturated rings. The highest BCUT2D eigenvalue weighted by molar-refractivity contribution is 6.31. The summed E-state index contributed by atoms with van der Waals surface area (Å²) in [7, 11) is 1.74. The maximum atomic E-state index is 12.5. The van der Waals surface area contributed by atoms with E-state index >= 15 is 0 Å². The minimum Gasteiger partial charge on any atom is -0.480 e. The minimum atomic E-state index is -1.08. The van der Waals surface area contributed by atoms with Crippen molar-refractivity contribution in [3.8, 4) is 0 Å². The van der Waals surface area contributed by atoms with E-state index in [9.17, 15) is 9.59 Å². The van der Waals surface area contributed by atoms with E-state index in [4.69, 9.17) is 32.9 Å². The fraction of sp³-hybridized carbons (Fsp3) is 0.375. The average Bonchev–Trinajstić information content (AvgIpc) is 2.83. The predicted octanol–water partition coefficient (Wildman–Crippen LogP) is 2.15. The number of nitrogens with two attached hydrogens (primary N) is 2. The second-order valence-electron chi connectivity index (χ2n) is 8.16. The molecule has 1 saturated heterocycles. The Bertz CT molecular complexity index is 1040. The lowest BCUT2D eigenvalue weighted by molar-refractivity contribution is -0.138. The van der Waals surface area contributed by atoms with Crippen molar-refractivity contribution in [1.29, 1.82) is 0 Å². The number of carboxylic acids is 1. The summed E-state index contributed by atoms with van der Waals surface area (Å²) >= 11 is 6.48. The van der Waals surface area contributed by atoms with Crippen molar-refractivity contribution < 1.29 is 19.4 Å². The second-order valence-corrected chi connectivity index (χ2v) is 8.57. The van der Waals surface area contributed by atoms with Crippen molar-refractivity contribution in [2.24, 2.45) is 16.5 Å². The summed E-state index contributed by atoms with van der Waals surface area (Å²) in [6.07, 6.45) is 2.32. The first kappa shape index (κ1) is 25.5. The van der Waals surface area contributed by atoms with Gasteiger partial charge in [0, 0.05) is 48.6 Å². The number of ether oxygens (including phenoxy) is 1. The summed E-state index contributed by atoms with van der Waals surface area (Å²) in [6.45, 7) is 2.04. The monoisotopic (exact) mass is 487 g/mol. The van der Waals surface area contributed by atoms with E-state index in [0.717, 1.165) is 37.2 Å². The Labute approximate surface area is 203 Å². The summed E-state index contributed by atoms with van der Waals surface area (Å²) < 4.78 is 5.46. The van der Waals surface area contributed by atoms with Gasteiger partial charge in [0.2, 0.25) is 0 Å². The van der Waals surface area contributed by atoms with Crippen LogP contribution in [0.4, 0.5) is 5.69 Å². The highest BCUT2D eigenvalue weighted by Gasteiger charge is 2.21. The van der Waals surface area contributed by atoms with Gasteiger partial charge in [-0.15, -0.1) is 0 Å². The quantitative estimate of drug-likeness (QED) is 0.327. The number of carboxylic acid groups (broad SMARTS) is 1. The van der Waals surface area contributed by atoms with Crippen LogP contribution < -0.4 is 21.7 Å². The SMILES string of the molecule is COC1CCN(c2cccc(Cl)c2CN/C(N)=N/C(=O)c2ccc(C[C@H](N)C(=O)O)cc2)CC1. The topological polar surface area (TPSA) is 143 Å². The first-order valence-electron chi connectivity index (χ1n) is 11.0. The van der Waals surface area contributed by atoms with E-state index in [1.165, 1.54) is 0 Å². The van der Waals surface area contributed by atoms with Crippen molar-refractivity contribution >= 4 is 35.1 Å². The molecule has 1 heterocycles. The lowest BCUT2D eigenvalue weighted by Gasteiger charge is -2.34. The number of nitrogens with zero attached hydrogens (tertiary/aromatic N) is 2. The molecule has 6 N–H and O–H groups in total. The first-order chi connectivity index (χ1) is 16.3. The molecule has 34 heavy (non-hydrogen) atoms. The van der Waals surface area contributed by atoms with Crippen LogP contribution in [0.1, 0.15) is 34.3 Å². The fourth-order valence-electron chi connectivity index (χ4n) is 3.87. The van der Waals surface area contributed by atoms with Crippen molar-refractivity contribution in [3.63, 3.8) is 0 Å². The number of methoxy groups -OCH3 is 1. The maximum Gasteiger partial charge on any atom is 0.320 e. The number of aliphatic imine (C=N–C) groups is 1. The van der Waals surface area contributed by atoms with Crippen LogP contribution in [0.15, 0.2) is 47.5 Å². The zero-order valence-electron chi connectivity index (χ0n) is 19.0. The highest BCUT2D eigenvalue weighted by Crippen LogP contribution is 2.30. The zero-order valence-corrected chi connectivity index (χ0v) is 19.8. The Morgan fingerprint density at radius 1 is 1.24 bits per heavy atom. The van der Waals surface area contributed by atoms with Gasteiger partial charge in [0.05, 0.1) is 6.10 Å². The van der Waals surface area contributed by atoms with Gasteiger partial charge in [-0.1, -0.05) is 29.8 Å². The number of nitrogens with one attached hydrogen (secondary N) is 1. The normalized spacial score (nSPS) is 15.7. The standard InChI is InChI=1S/C24H30ClN5O4/c1-34-17-9-11-30(12-10-17)21-4-2-3-19(25)18(21)14-28-24(27)29-22(31)16-7-5-15(6-8-16)13-20(26)23(32)33/h2-8,17,20H,9-14,26H2,1H3,(H,32,33)(H3,27,28,29,31)/t20-/m0/s1. The third-order valence-corrected chi connectivity index (χ3v) is 6.21. The number of piperidine rings is 1. The van der Waals surface area contributed by atoms with E-state index in [0.29, 0.717) is 22.7 Å². The summed E-state index contributed by atoms with van der Waals surface area (Å²) in [5, 5.41) is 12.5. The molecular weight excluding hydrogens is 458 g/mol. The number of halogens is 1. The van der Waals surface area contributed by atoms with Crippen LogP contribution in [-0.2, 0) is 22.5 Å². The number of amides is 1. The highest BCUT2D eigenvalue weighted by atomic mass is 35.5. The smallest absolute Gasteiger partial charge is 0.320 e. The molecule has 10 heteroatoms. The molecule has 2 aromatic carbocycles. The molecule has 0 bridgehead atoms. The van der Waals surface area contributed by atoms with Crippen LogP contribution in [0.25, 0.3) is 0 Å². The number of carbonyl (C=O) groups excluding carboxylic acids is 1. The van der Waals surface area contributed by atoms with Gasteiger partial charge in [-0.05, 0) is 49.1 Å². The third kappa shape index (κ3) is 6.69. The number of hydrogen-bond acceptors (Lipinski definition) is 5. The molecule has 3 rings (SSSR count). The molecule has 0 spiro atoms. The molecule has 0 aromatic heterocycles. The van der Waals surface area contributed by atoms with E-state index in [1.54, 1.807) is 31.4 Å². The number of hydrogen-bond donors (Lipinski definition) is 4. The van der Waals surface area contributed by atoms with Gasteiger partial charge in [0.15, 0.2) is 5.96 Å². The molecule has 182 valence electrons. The van der Waals surface area contributed by atoms with Crippen LogP contribution >= 0.6 is 11.6 Å². The van der Waals surface area contributed by atoms with E-state index < -0.39 is 17.9 Å². The molecule has 2 aromatic rings. The van der Waals surface area contributed by atoms with Gasteiger partial charge in [-0.3, -0.25) is 9.59 Å². The van der Waals surface area contributed by atoms with Crippen LogP contribution in [0.2, 0.25) is 5.02 Å². The lowest BCUT2D eigenvalue weighted by Crippen LogP contribution is -2.38. The van der Waals surface area contributed by atoms with Gasteiger partial charge >= 0.3 is 5.97 Å². The van der Waals surface area contributed by atoms with Crippen LogP contribution in [0.3, 0.4) is 0 Å². The number of carbonyl (C=O) groups is 2. The summed E-state index contributed by atoms with van der Waals surface area (Å²) in [4.78, 5) is 29.6. The number of aliphatic carboxylic acids is 1. The number of anilines is 1. The Balaban J connectivity index is 1.63. The average molecular weight is 488 g/mol. The molecular formula is C24H30ClN5O4. The largest absolute Gasteiger partial charge is 0.480 e. The predicted molar refractivity (Wildman–Crippen MR) is 132 cm³/mol. The van der Waals surface area contributed by atoms with Crippen molar-refractivity contribution in [3.05, 3.63) is 64.2 Å². The van der Waals surface area contributed by atoms with Crippen molar-refractivity contribution in [2.75, 3.05) is 25.1 Å². The van der Waals surface area contributed by atoms with E-state index in [2.05, 4.69) is 15.2 Å². The van der Waals surface area contributed by atoms with Crippen LogP contribution in [-0.4, -0.2) is 55.3 Å². The van der Waals surface area contributed by atoms with Crippen LogP contribution in [0, 0.1) is 0 Å². The number of benzene rings is 2. The van der Waals surface area contributed by atoms with Gasteiger partial charge < -0.3 is 31.5 Å². The van der Waals surface area contributed by atoms with E-state index in [1.807, 2.05) is 18.2 Å². The summed E-state index contributed by atoms with van der Waals surface area (Å²) in [6, 6.07) is 11.2. The third-order valence-electron chi connectivity index (χ3n) is 5.85. The molecule has 0 saturated carbocycles. The molecule has 0 unspecified atom stereocenters. The Morgan fingerprint density at radius 2 is 1.91 bits per heavy atom. The molecule has 0 aliphatic carbocycles. The lowest BCUT2D eigenvalue weighted by atomic mass is 10.0. The molecule has 1 aliphatic rings. The van der Waals surface area contributed by atoms with E-state index in [-0.39, 0.29) is 18.5 Å². The maximum absolute atomic E-state index is 12.5. The minimum absolute atomic E-state index is 0.0223. The van der Waals surface area contributed by atoms with Crippen molar-refractivity contribution in [1.82, 2.24) is 5.32 Å². The summed E-state index contributed by atoms with van der Waals surface area (Å²) in [5.74, 6) is -1.62. The number of rotatable bonds is 8. The summed E-state index contributed by atoms with van der Waals surface area (Å²) in [5.41, 5.74) is 14.4. The zero-order chi connectivity index (χ0) is 24.7. The molecule has 1 atom stereocenters. The van der Waals surface area contributed by atoms with Crippen molar-refractivity contribution in [2.45, 2.75) is 38.0 Å². The molecule has 0 radical (unpaired) electrons. The Hall–Kier alpha value is -3.14. The van der Waals surface area contributed by atoms with Gasteiger partial charge in [-0.25, -0.2) is 0 Å². The van der Waals surface area contributed by atoms with Crippen LogP contribution in [0.5, 0.6) is 0 Å². The van der Waals surface area contributed by atoms with Gasteiger partial charge in [0.25, 0.3) is 5.91 Å². The molecule has 1 amide bonds. The van der Waals surface area contributed by atoms with Gasteiger partial charge in [-0.2, -0.15) is 4.99 Å². The fourth-order valence-corrected chi connectivity index (χ4v) is 4.10. The number of guanidine groups is 1. The Kier molecular flexibility index (Phi) is 8.86. The molecule has 1 aliphatic heterocycles.